The summed E-state index contributed by atoms with van der Waals surface area (Å²) in [6, 6.07) is 3.57. The van der Waals surface area contributed by atoms with Crippen LogP contribution in [0.1, 0.15) is 15.2 Å². The first kappa shape index (κ1) is 12.7. The molecule has 2 heterocycles. The summed E-state index contributed by atoms with van der Waals surface area (Å²) >= 11 is 10.7. The fourth-order valence-electron chi connectivity index (χ4n) is 1.39. The second kappa shape index (κ2) is 5.25. The molecule has 3 nitrogen and oxygen atoms in total. The molecule has 2 aromatic heterocycles. The Bertz CT molecular complexity index is 537. The fourth-order valence-corrected chi connectivity index (χ4v) is 3.09. The Morgan fingerprint density at radius 1 is 1.65 bits per heavy atom. The number of amides is 1. The molecule has 0 saturated carbocycles. The normalized spacial score (nSPS) is 10.5. The van der Waals surface area contributed by atoms with Crippen LogP contribution >= 0.6 is 38.9 Å². The highest BCUT2D eigenvalue weighted by molar-refractivity contribution is 9.10. The predicted octanol–water partition coefficient (Wildman–Crippen LogP) is 4.03. The molecule has 0 aliphatic carbocycles. The van der Waals surface area contributed by atoms with Crippen LogP contribution in [0.25, 0.3) is 0 Å². The Labute approximate surface area is 116 Å². The third-order valence-electron chi connectivity index (χ3n) is 2.21. The van der Waals surface area contributed by atoms with Crippen molar-refractivity contribution in [2.45, 2.75) is 6.54 Å². The predicted molar refractivity (Wildman–Crippen MR) is 71.5 cm³/mol. The highest BCUT2D eigenvalue weighted by Gasteiger charge is 2.17. The number of thiophene rings is 1. The molecule has 0 bridgehead atoms. The van der Waals surface area contributed by atoms with E-state index in [1.165, 1.54) is 6.26 Å². The fraction of sp³-hybridized carbons (Fsp3) is 0.182. The van der Waals surface area contributed by atoms with Gasteiger partial charge in [0.25, 0.3) is 5.91 Å². The van der Waals surface area contributed by atoms with Crippen molar-refractivity contribution in [3.05, 3.63) is 43.9 Å². The molecule has 2 aromatic rings. The van der Waals surface area contributed by atoms with E-state index in [-0.39, 0.29) is 11.1 Å². The highest BCUT2D eigenvalue weighted by Crippen LogP contribution is 2.23. The second-order valence-electron chi connectivity index (χ2n) is 3.50. The lowest BCUT2D eigenvalue weighted by molar-refractivity contribution is 0.0786. The van der Waals surface area contributed by atoms with Crippen molar-refractivity contribution in [3.63, 3.8) is 0 Å². The van der Waals surface area contributed by atoms with Crippen LogP contribution in [0.15, 0.2) is 32.7 Å². The number of carbonyl (C=O) groups excluding carboxylic acids is 1. The van der Waals surface area contributed by atoms with E-state index in [9.17, 15) is 4.79 Å². The molecule has 0 unspecified atom stereocenters. The Kier molecular flexibility index (Phi) is 3.91. The van der Waals surface area contributed by atoms with Gasteiger partial charge in [0.2, 0.25) is 5.22 Å². The van der Waals surface area contributed by atoms with Crippen LogP contribution in [0.2, 0.25) is 5.22 Å². The molecule has 0 aliphatic rings. The molecule has 90 valence electrons. The van der Waals surface area contributed by atoms with E-state index in [1.807, 2.05) is 11.4 Å². The van der Waals surface area contributed by atoms with Gasteiger partial charge in [-0.1, -0.05) is 0 Å². The van der Waals surface area contributed by atoms with Crippen LogP contribution in [0, 0.1) is 0 Å². The zero-order chi connectivity index (χ0) is 12.4. The van der Waals surface area contributed by atoms with Crippen molar-refractivity contribution >= 4 is 44.8 Å². The Balaban J connectivity index is 2.08. The van der Waals surface area contributed by atoms with Crippen molar-refractivity contribution in [2.24, 2.45) is 0 Å². The molecule has 0 radical (unpaired) electrons. The molecule has 0 N–H and O–H groups in total. The Morgan fingerprint density at radius 2 is 2.41 bits per heavy atom. The van der Waals surface area contributed by atoms with Gasteiger partial charge in [-0.15, -0.1) is 11.3 Å². The molecule has 17 heavy (non-hydrogen) atoms. The molecule has 0 fully saturated rings. The second-order valence-corrected chi connectivity index (χ2v) is 5.76. The number of nitrogens with zero attached hydrogens (tertiary/aromatic N) is 1. The molecule has 1 amide bonds. The molecule has 0 spiro atoms. The quantitative estimate of drug-likeness (QED) is 0.849. The monoisotopic (exact) mass is 333 g/mol. The van der Waals surface area contributed by atoms with Gasteiger partial charge in [0, 0.05) is 21.8 Å². The zero-order valence-corrected chi connectivity index (χ0v) is 12.1. The third-order valence-corrected chi connectivity index (χ3v) is 4.18. The summed E-state index contributed by atoms with van der Waals surface area (Å²) in [5, 5.41) is 2.12. The third kappa shape index (κ3) is 2.91. The van der Waals surface area contributed by atoms with Crippen molar-refractivity contribution in [3.8, 4) is 0 Å². The number of hydrogen-bond donors (Lipinski definition) is 0. The first-order valence-electron chi connectivity index (χ1n) is 4.79. The number of halogens is 2. The number of rotatable bonds is 3. The van der Waals surface area contributed by atoms with Gasteiger partial charge in [-0.3, -0.25) is 4.79 Å². The first-order valence-corrected chi connectivity index (χ1v) is 6.84. The number of carbonyl (C=O) groups is 1. The smallest absolute Gasteiger partial charge is 0.258 e. The molecular formula is C11H9BrClNO2S. The van der Waals surface area contributed by atoms with Gasteiger partial charge in [-0.05, 0) is 39.7 Å². The largest absolute Gasteiger partial charge is 0.452 e. The summed E-state index contributed by atoms with van der Waals surface area (Å²) < 4.78 is 5.93. The molecule has 2 rings (SSSR count). The molecule has 0 atom stereocenters. The van der Waals surface area contributed by atoms with Gasteiger partial charge in [-0.2, -0.15) is 0 Å². The van der Waals surface area contributed by atoms with Gasteiger partial charge in [0.05, 0.1) is 18.4 Å². The van der Waals surface area contributed by atoms with Crippen molar-refractivity contribution < 1.29 is 9.21 Å². The van der Waals surface area contributed by atoms with Crippen LogP contribution in [-0.4, -0.2) is 17.9 Å². The topological polar surface area (TPSA) is 33.5 Å². The van der Waals surface area contributed by atoms with Crippen LogP contribution in [-0.2, 0) is 6.54 Å². The average molecular weight is 335 g/mol. The van der Waals surface area contributed by atoms with Crippen LogP contribution in [0.3, 0.4) is 0 Å². The minimum Gasteiger partial charge on any atom is -0.452 e. The van der Waals surface area contributed by atoms with Crippen molar-refractivity contribution in [1.29, 1.82) is 0 Å². The van der Waals surface area contributed by atoms with Crippen molar-refractivity contribution in [1.82, 2.24) is 4.90 Å². The van der Waals surface area contributed by atoms with E-state index in [2.05, 4.69) is 15.9 Å². The highest BCUT2D eigenvalue weighted by atomic mass is 79.9. The summed E-state index contributed by atoms with van der Waals surface area (Å²) in [6.07, 6.45) is 1.41. The van der Waals surface area contributed by atoms with E-state index in [0.717, 1.165) is 9.35 Å². The van der Waals surface area contributed by atoms with E-state index in [0.29, 0.717) is 12.1 Å². The van der Waals surface area contributed by atoms with Crippen molar-refractivity contribution in [2.75, 3.05) is 7.05 Å². The number of furan rings is 1. The van der Waals surface area contributed by atoms with Gasteiger partial charge >= 0.3 is 0 Å². The van der Waals surface area contributed by atoms with Crippen LogP contribution in [0.4, 0.5) is 0 Å². The molecule has 0 aliphatic heterocycles. The lowest BCUT2D eigenvalue weighted by Gasteiger charge is -2.15. The maximum absolute atomic E-state index is 12.0. The maximum Gasteiger partial charge on any atom is 0.258 e. The average Bonchev–Trinajstić information content (AvgIpc) is 2.86. The summed E-state index contributed by atoms with van der Waals surface area (Å²) in [6.45, 7) is 0.552. The molecular weight excluding hydrogens is 326 g/mol. The Morgan fingerprint density at radius 3 is 2.94 bits per heavy atom. The lowest BCUT2D eigenvalue weighted by atomic mass is 10.3. The van der Waals surface area contributed by atoms with Gasteiger partial charge in [-0.25, -0.2) is 0 Å². The standard InChI is InChI=1S/C11H9BrClNO2S/c1-14(5-8-4-7(12)6-17-8)11(15)9-2-3-16-10(9)13/h2-4,6H,5H2,1H3. The van der Waals surface area contributed by atoms with Gasteiger partial charge in [0.15, 0.2) is 0 Å². The van der Waals surface area contributed by atoms with Gasteiger partial charge < -0.3 is 9.32 Å². The number of hydrogen-bond acceptors (Lipinski definition) is 3. The molecule has 0 aromatic carbocycles. The lowest BCUT2D eigenvalue weighted by Crippen LogP contribution is -2.25. The minimum absolute atomic E-state index is 0.134. The summed E-state index contributed by atoms with van der Waals surface area (Å²) in [5.41, 5.74) is 0.393. The van der Waals surface area contributed by atoms with Crippen LogP contribution in [0.5, 0.6) is 0 Å². The van der Waals surface area contributed by atoms with E-state index < -0.39 is 0 Å². The summed E-state index contributed by atoms with van der Waals surface area (Å²) in [4.78, 5) is 14.7. The summed E-state index contributed by atoms with van der Waals surface area (Å²) in [5.74, 6) is -0.145. The first-order chi connectivity index (χ1) is 8.08. The SMILES string of the molecule is CN(Cc1cc(Br)cs1)C(=O)c1ccoc1Cl. The van der Waals surface area contributed by atoms with Gasteiger partial charge in [0.1, 0.15) is 0 Å². The molecule has 0 saturated heterocycles. The zero-order valence-electron chi connectivity index (χ0n) is 8.94. The summed E-state index contributed by atoms with van der Waals surface area (Å²) in [7, 11) is 1.74. The van der Waals surface area contributed by atoms with Crippen LogP contribution < -0.4 is 0 Å². The Hall–Kier alpha value is -0.780. The minimum atomic E-state index is -0.145. The maximum atomic E-state index is 12.0. The van der Waals surface area contributed by atoms with E-state index in [1.54, 1.807) is 29.4 Å². The van der Waals surface area contributed by atoms with E-state index in [4.69, 9.17) is 16.0 Å². The van der Waals surface area contributed by atoms with E-state index >= 15 is 0 Å². The molecule has 6 heteroatoms.